The van der Waals surface area contributed by atoms with Crippen LogP contribution in [0, 0.1) is 17.7 Å². The molecule has 0 heterocycles. The fraction of sp³-hybridized carbons (Fsp3) is 0.182. The quantitative estimate of drug-likeness (QED) is 0.578. The number of carbonyl (C=O) groups is 1. The Morgan fingerprint density at radius 1 is 1.62 bits per heavy atom. The highest BCUT2D eigenvalue weighted by molar-refractivity contribution is 6.32. The number of nitrogens with one attached hydrogen (secondary N) is 1. The molecule has 0 aliphatic heterocycles. The maximum Gasteiger partial charge on any atom is 0.217 e. The van der Waals surface area contributed by atoms with Crippen molar-refractivity contribution in [2.24, 2.45) is 0 Å². The molecular weight excluding hydrogens is 231 g/mol. The maximum atomic E-state index is 13.1. The van der Waals surface area contributed by atoms with Crippen LogP contribution in [0.3, 0.4) is 0 Å². The first-order valence-corrected chi connectivity index (χ1v) is 4.86. The minimum atomic E-state index is -0.562. The van der Waals surface area contributed by atoms with Crippen LogP contribution >= 0.6 is 11.6 Å². The van der Waals surface area contributed by atoms with Crippen LogP contribution in [0.2, 0.25) is 5.02 Å². The third-order valence-corrected chi connectivity index (χ3v) is 2.05. The van der Waals surface area contributed by atoms with E-state index < -0.39 is 5.82 Å². The minimum absolute atomic E-state index is 0.0163. The highest BCUT2D eigenvalue weighted by Crippen LogP contribution is 2.21. The van der Waals surface area contributed by atoms with Gasteiger partial charge in [0.1, 0.15) is 5.82 Å². The van der Waals surface area contributed by atoms with Gasteiger partial charge in [-0.1, -0.05) is 23.4 Å². The number of carbonyl (C=O) groups excluding carboxylic acids is 1. The van der Waals surface area contributed by atoms with Crippen molar-refractivity contribution in [2.75, 3.05) is 12.3 Å². The number of benzene rings is 1. The Hall–Kier alpha value is -1.73. The van der Waals surface area contributed by atoms with Crippen molar-refractivity contribution in [1.29, 1.82) is 0 Å². The maximum absolute atomic E-state index is 13.1. The van der Waals surface area contributed by atoms with E-state index in [1.165, 1.54) is 19.1 Å². The summed E-state index contributed by atoms with van der Waals surface area (Å²) in [5.74, 6) is 4.55. The number of rotatable bonds is 1. The summed E-state index contributed by atoms with van der Waals surface area (Å²) in [7, 11) is 0. The first-order chi connectivity index (χ1) is 7.50. The van der Waals surface area contributed by atoms with Gasteiger partial charge in [0.2, 0.25) is 5.91 Å². The van der Waals surface area contributed by atoms with E-state index in [4.69, 9.17) is 17.3 Å². The zero-order valence-corrected chi connectivity index (χ0v) is 9.36. The highest BCUT2D eigenvalue weighted by atomic mass is 35.5. The highest BCUT2D eigenvalue weighted by Gasteiger charge is 2.03. The van der Waals surface area contributed by atoms with Crippen LogP contribution in [-0.4, -0.2) is 12.5 Å². The third-order valence-electron chi connectivity index (χ3n) is 1.74. The van der Waals surface area contributed by atoms with E-state index in [1.54, 1.807) is 0 Å². The van der Waals surface area contributed by atoms with E-state index in [-0.39, 0.29) is 23.2 Å². The average Bonchev–Trinajstić information content (AvgIpc) is 2.19. The molecule has 1 rings (SSSR count). The van der Waals surface area contributed by atoms with Crippen LogP contribution in [0.4, 0.5) is 10.1 Å². The Bertz CT molecular complexity index is 477. The zero-order chi connectivity index (χ0) is 12.1. The Kier molecular flexibility index (Phi) is 4.15. The smallest absolute Gasteiger partial charge is 0.217 e. The predicted molar refractivity (Wildman–Crippen MR) is 61.4 cm³/mol. The minimum Gasteiger partial charge on any atom is -0.396 e. The van der Waals surface area contributed by atoms with Gasteiger partial charge in [-0.05, 0) is 12.1 Å². The van der Waals surface area contributed by atoms with E-state index >= 15 is 0 Å². The Morgan fingerprint density at radius 2 is 2.31 bits per heavy atom. The van der Waals surface area contributed by atoms with Crippen molar-refractivity contribution < 1.29 is 9.18 Å². The van der Waals surface area contributed by atoms with Crippen molar-refractivity contribution in [2.45, 2.75) is 6.92 Å². The first-order valence-electron chi connectivity index (χ1n) is 4.48. The van der Waals surface area contributed by atoms with Gasteiger partial charge in [0, 0.05) is 12.5 Å². The molecule has 0 aromatic heterocycles. The van der Waals surface area contributed by atoms with Gasteiger partial charge in [-0.3, -0.25) is 4.79 Å². The second kappa shape index (κ2) is 5.38. The SMILES string of the molecule is CC(=O)NCC#Cc1cc(F)c(N)cc1Cl. The van der Waals surface area contributed by atoms with E-state index in [0.717, 1.165) is 0 Å². The number of nitrogen functional groups attached to an aromatic ring is 1. The third kappa shape index (κ3) is 3.44. The second-order valence-corrected chi connectivity index (χ2v) is 3.47. The largest absolute Gasteiger partial charge is 0.396 e. The summed E-state index contributed by atoms with van der Waals surface area (Å²) >= 11 is 5.81. The molecule has 0 unspecified atom stereocenters. The first kappa shape index (κ1) is 12.3. The molecule has 0 fully saturated rings. The van der Waals surface area contributed by atoms with Crippen molar-refractivity contribution in [3.63, 3.8) is 0 Å². The molecule has 1 aromatic rings. The molecular formula is C11H10ClFN2O. The van der Waals surface area contributed by atoms with Gasteiger partial charge < -0.3 is 11.1 Å². The van der Waals surface area contributed by atoms with E-state index in [1.807, 2.05) is 0 Å². The molecule has 0 radical (unpaired) electrons. The van der Waals surface area contributed by atoms with Crippen LogP contribution in [-0.2, 0) is 4.79 Å². The van der Waals surface area contributed by atoms with Crippen LogP contribution in [0.15, 0.2) is 12.1 Å². The number of halogens is 2. The van der Waals surface area contributed by atoms with Crippen LogP contribution in [0.25, 0.3) is 0 Å². The molecule has 0 atom stereocenters. The summed E-state index contributed by atoms with van der Waals surface area (Å²) < 4.78 is 13.1. The summed E-state index contributed by atoms with van der Waals surface area (Å²) in [6, 6.07) is 2.47. The molecule has 1 aromatic carbocycles. The number of hydrogen-bond acceptors (Lipinski definition) is 2. The van der Waals surface area contributed by atoms with Gasteiger partial charge in [-0.2, -0.15) is 0 Å². The van der Waals surface area contributed by atoms with Crippen molar-refractivity contribution in [1.82, 2.24) is 5.32 Å². The summed E-state index contributed by atoms with van der Waals surface area (Å²) in [6.45, 7) is 1.58. The van der Waals surface area contributed by atoms with Gasteiger partial charge in [0.25, 0.3) is 0 Å². The van der Waals surface area contributed by atoms with Crippen molar-refractivity contribution in [3.05, 3.63) is 28.5 Å². The zero-order valence-electron chi connectivity index (χ0n) is 8.60. The molecule has 0 spiro atoms. The van der Waals surface area contributed by atoms with Gasteiger partial charge in [-0.25, -0.2) is 4.39 Å². The predicted octanol–water partition coefficient (Wildman–Crippen LogP) is 1.55. The number of anilines is 1. The molecule has 0 saturated carbocycles. The van der Waals surface area contributed by atoms with Gasteiger partial charge in [-0.15, -0.1) is 0 Å². The molecule has 3 N–H and O–H groups in total. The Morgan fingerprint density at radius 3 is 2.94 bits per heavy atom. The monoisotopic (exact) mass is 240 g/mol. The lowest BCUT2D eigenvalue weighted by Crippen LogP contribution is -2.19. The lowest BCUT2D eigenvalue weighted by molar-refractivity contribution is -0.118. The van der Waals surface area contributed by atoms with Gasteiger partial charge in [0.15, 0.2) is 0 Å². The Balaban J connectivity index is 2.81. The standard InChI is InChI=1S/C11H10ClFN2O/c1-7(16)15-4-2-3-8-5-10(13)11(14)6-9(8)12/h5-6H,4,14H2,1H3,(H,15,16). The molecule has 0 aliphatic rings. The number of hydrogen-bond donors (Lipinski definition) is 2. The number of nitrogens with two attached hydrogens (primary N) is 1. The number of amides is 1. The molecule has 5 heteroatoms. The second-order valence-electron chi connectivity index (χ2n) is 3.07. The molecule has 3 nitrogen and oxygen atoms in total. The average molecular weight is 241 g/mol. The summed E-state index contributed by atoms with van der Waals surface area (Å²) in [4.78, 5) is 10.5. The lowest BCUT2D eigenvalue weighted by Gasteiger charge is -1.99. The topological polar surface area (TPSA) is 55.1 Å². The summed E-state index contributed by atoms with van der Waals surface area (Å²) in [5.41, 5.74) is 5.65. The fourth-order valence-electron chi connectivity index (χ4n) is 0.966. The summed E-state index contributed by atoms with van der Waals surface area (Å²) in [5, 5.41) is 2.77. The van der Waals surface area contributed by atoms with E-state index in [0.29, 0.717) is 5.56 Å². The van der Waals surface area contributed by atoms with Crippen LogP contribution in [0.5, 0.6) is 0 Å². The van der Waals surface area contributed by atoms with Crippen molar-refractivity contribution >= 4 is 23.2 Å². The lowest BCUT2D eigenvalue weighted by atomic mass is 10.2. The molecule has 1 amide bonds. The molecule has 0 bridgehead atoms. The molecule has 0 saturated heterocycles. The van der Waals surface area contributed by atoms with Gasteiger partial charge >= 0.3 is 0 Å². The van der Waals surface area contributed by atoms with E-state index in [9.17, 15) is 9.18 Å². The van der Waals surface area contributed by atoms with E-state index in [2.05, 4.69) is 17.2 Å². The van der Waals surface area contributed by atoms with Crippen LogP contribution < -0.4 is 11.1 Å². The normalized spacial score (nSPS) is 9.19. The molecule has 84 valence electrons. The molecule has 16 heavy (non-hydrogen) atoms. The van der Waals surface area contributed by atoms with Gasteiger partial charge in [0.05, 0.1) is 17.3 Å². The van der Waals surface area contributed by atoms with Crippen molar-refractivity contribution in [3.8, 4) is 11.8 Å². The van der Waals surface area contributed by atoms with Crippen LogP contribution in [0.1, 0.15) is 12.5 Å². The molecule has 0 aliphatic carbocycles. The fourth-order valence-corrected chi connectivity index (χ4v) is 1.19. The summed E-state index contributed by atoms with van der Waals surface area (Å²) in [6.07, 6.45) is 0. The Labute approximate surface area is 97.8 Å².